The molecule has 35 heavy (non-hydrogen) atoms. The van der Waals surface area contributed by atoms with Crippen LogP contribution in [0, 0.1) is 18.8 Å². The molecule has 1 amide bonds. The van der Waals surface area contributed by atoms with E-state index in [4.69, 9.17) is 13.6 Å². The Morgan fingerprint density at radius 2 is 1.91 bits per heavy atom. The molecule has 3 heterocycles. The summed E-state index contributed by atoms with van der Waals surface area (Å²) in [6.07, 6.45) is 0.573. The summed E-state index contributed by atoms with van der Waals surface area (Å²) in [5, 5.41) is 34.4. The third kappa shape index (κ3) is 6.50. The summed E-state index contributed by atoms with van der Waals surface area (Å²) in [7, 11) is 0. The molecule has 11 heteroatoms. The van der Waals surface area contributed by atoms with E-state index in [-0.39, 0.29) is 18.4 Å². The molecule has 2 aliphatic heterocycles. The van der Waals surface area contributed by atoms with Crippen molar-refractivity contribution in [3.63, 3.8) is 0 Å². The normalized spacial score (nSPS) is 33.1. The molecule has 8 atom stereocenters. The van der Waals surface area contributed by atoms with Crippen LogP contribution in [0.2, 0.25) is 0 Å². The molecule has 10 nitrogen and oxygen atoms in total. The Morgan fingerprint density at radius 1 is 1.20 bits per heavy atom. The number of aliphatic hydroxyl groups is 3. The number of nitrogens with zero attached hydrogens (tertiary/aromatic N) is 1. The fourth-order valence-electron chi connectivity index (χ4n) is 5.18. The number of hydrogen-bond acceptors (Lipinski definition) is 10. The Labute approximate surface area is 210 Å². The molecule has 1 aromatic heterocycles. The predicted molar refractivity (Wildman–Crippen MR) is 131 cm³/mol. The second kappa shape index (κ2) is 12.2. The first-order valence-corrected chi connectivity index (χ1v) is 13.7. The maximum Gasteiger partial charge on any atom is 0.519 e. The van der Waals surface area contributed by atoms with E-state index in [2.05, 4.69) is 12.2 Å². The minimum Gasteiger partial charge on any atom is -0.396 e. The van der Waals surface area contributed by atoms with Crippen molar-refractivity contribution < 1.29 is 33.7 Å². The fraction of sp³-hybridized carbons (Fsp3) is 0.833. The van der Waals surface area contributed by atoms with Crippen molar-refractivity contribution >= 4 is 17.7 Å². The van der Waals surface area contributed by atoms with Gasteiger partial charge in [0.25, 0.3) is 0 Å². The molecule has 0 radical (unpaired) electrons. The van der Waals surface area contributed by atoms with Crippen LogP contribution in [0.3, 0.4) is 0 Å². The molecule has 0 aromatic carbocycles. The first-order chi connectivity index (χ1) is 16.6. The van der Waals surface area contributed by atoms with Gasteiger partial charge in [0.1, 0.15) is 35.6 Å². The number of aliphatic hydroxyl groups excluding tert-OH is 3. The average Bonchev–Trinajstić information content (AvgIpc) is 3.13. The van der Waals surface area contributed by atoms with Gasteiger partial charge in [-0.3, -0.25) is 9.69 Å². The number of hydrogen-bond donors (Lipinski definition) is 4. The first kappa shape index (κ1) is 28.2. The zero-order chi connectivity index (χ0) is 25.9. The Hall–Kier alpha value is -1.37. The number of ether oxygens (including phenoxy) is 1. The van der Waals surface area contributed by atoms with Crippen LogP contribution in [0.5, 0.6) is 0 Å². The van der Waals surface area contributed by atoms with E-state index < -0.39 is 47.8 Å². The van der Waals surface area contributed by atoms with Crippen molar-refractivity contribution in [2.24, 2.45) is 11.8 Å². The van der Waals surface area contributed by atoms with Gasteiger partial charge in [-0.05, 0) is 44.4 Å². The number of piperidine rings is 1. The van der Waals surface area contributed by atoms with Gasteiger partial charge in [0.2, 0.25) is 5.91 Å². The van der Waals surface area contributed by atoms with Crippen LogP contribution in [0.25, 0.3) is 0 Å². The number of carbonyl (C=O) groups excluding carboxylic acids is 1. The highest BCUT2D eigenvalue weighted by Gasteiger charge is 2.48. The summed E-state index contributed by atoms with van der Waals surface area (Å²) in [6.45, 7) is 8.57. The molecule has 0 saturated carbocycles. The Kier molecular flexibility index (Phi) is 9.87. The van der Waals surface area contributed by atoms with Crippen LogP contribution in [-0.4, -0.2) is 80.9 Å². The molecular weight excluding hydrogens is 476 g/mol. The lowest BCUT2D eigenvalue weighted by atomic mass is 9.85. The summed E-state index contributed by atoms with van der Waals surface area (Å²) in [4.78, 5) is 27.2. The van der Waals surface area contributed by atoms with Crippen LogP contribution in [0.4, 0.5) is 0 Å². The van der Waals surface area contributed by atoms with Crippen molar-refractivity contribution in [3.05, 3.63) is 22.1 Å². The van der Waals surface area contributed by atoms with E-state index in [1.54, 1.807) is 13.2 Å². The highest BCUT2D eigenvalue weighted by atomic mass is 32.2. The van der Waals surface area contributed by atoms with Gasteiger partial charge in [-0.2, -0.15) is 0 Å². The van der Waals surface area contributed by atoms with Crippen molar-refractivity contribution in [3.8, 4) is 0 Å². The van der Waals surface area contributed by atoms with Gasteiger partial charge in [0.15, 0.2) is 5.76 Å². The SMILES string of the molecule is CCC[C@@H]1CCN(Cc2oc(=O)oc2C)[C@H](C(=O)N[C@H](C(C)C)[C@H]2O[C@H](SC)[C@H](O)[C@@H](O)[C@H]2O)C1. The Morgan fingerprint density at radius 3 is 2.49 bits per heavy atom. The molecule has 0 spiro atoms. The van der Waals surface area contributed by atoms with Gasteiger partial charge in [-0.1, -0.05) is 33.6 Å². The van der Waals surface area contributed by atoms with Crippen molar-refractivity contribution in [1.82, 2.24) is 10.2 Å². The molecule has 0 bridgehead atoms. The molecule has 2 aliphatic rings. The average molecular weight is 517 g/mol. The zero-order valence-electron chi connectivity index (χ0n) is 21.2. The van der Waals surface area contributed by atoms with Crippen molar-refractivity contribution in [1.29, 1.82) is 0 Å². The number of aryl methyl sites for hydroxylation is 1. The largest absolute Gasteiger partial charge is 0.519 e. The topological polar surface area (TPSA) is 146 Å². The van der Waals surface area contributed by atoms with Crippen LogP contribution >= 0.6 is 11.8 Å². The van der Waals surface area contributed by atoms with Crippen LogP contribution < -0.4 is 11.1 Å². The lowest BCUT2D eigenvalue weighted by molar-refractivity contribution is -0.208. The standard InChI is InChI=1S/C24H40N2O8S/c1-6-7-14-8-9-26(11-16-13(4)32-24(31)33-16)15(10-14)22(30)25-17(12(2)3)21-19(28)18(27)20(29)23(34-21)35-5/h12,14-15,17-21,23,27-29H,6-11H2,1-5H3,(H,25,30)/t14-,15+,17-,18+,19-,20-,21-,23-/m1/s1. The second-order valence-electron chi connectivity index (χ2n) is 10.1. The molecular formula is C24H40N2O8S. The predicted octanol–water partition coefficient (Wildman–Crippen LogP) is 1.23. The maximum atomic E-state index is 13.7. The number of carbonyl (C=O) groups is 1. The van der Waals surface area contributed by atoms with E-state index in [0.29, 0.717) is 30.4 Å². The number of rotatable bonds is 9. The fourth-order valence-corrected chi connectivity index (χ4v) is 5.86. The van der Waals surface area contributed by atoms with Crippen LogP contribution in [0.1, 0.15) is 58.0 Å². The van der Waals surface area contributed by atoms with Gasteiger partial charge in [0, 0.05) is 0 Å². The molecule has 2 saturated heterocycles. The van der Waals surface area contributed by atoms with Gasteiger partial charge in [0.05, 0.1) is 18.6 Å². The van der Waals surface area contributed by atoms with Gasteiger partial charge in [-0.25, -0.2) is 4.79 Å². The van der Waals surface area contributed by atoms with Gasteiger partial charge >= 0.3 is 5.82 Å². The molecule has 3 rings (SSSR count). The zero-order valence-corrected chi connectivity index (χ0v) is 22.0. The Balaban J connectivity index is 1.81. The molecule has 0 aliphatic carbocycles. The maximum absolute atomic E-state index is 13.7. The van der Waals surface area contributed by atoms with E-state index in [0.717, 1.165) is 19.3 Å². The van der Waals surface area contributed by atoms with Crippen LogP contribution in [-0.2, 0) is 16.1 Å². The summed E-state index contributed by atoms with van der Waals surface area (Å²) in [6, 6.07) is -1.05. The van der Waals surface area contributed by atoms with Crippen molar-refractivity contribution in [2.75, 3.05) is 12.8 Å². The monoisotopic (exact) mass is 516 g/mol. The molecule has 1 aromatic rings. The highest BCUT2D eigenvalue weighted by molar-refractivity contribution is 7.99. The molecule has 2 fully saturated rings. The number of likely N-dealkylation sites (tertiary alicyclic amines) is 1. The number of nitrogens with one attached hydrogen (secondary N) is 1. The molecule has 0 unspecified atom stereocenters. The minimum absolute atomic E-state index is 0.110. The van der Waals surface area contributed by atoms with Gasteiger partial charge < -0.3 is 34.2 Å². The van der Waals surface area contributed by atoms with E-state index in [1.807, 2.05) is 18.7 Å². The smallest absolute Gasteiger partial charge is 0.396 e. The summed E-state index contributed by atoms with van der Waals surface area (Å²) in [5.74, 6) is 0.141. The lowest BCUT2D eigenvalue weighted by Gasteiger charge is -2.45. The van der Waals surface area contributed by atoms with E-state index in [9.17, 15) is 24.9 Å². The third-order valence-electron chi connectivity index (χ3n) is 7.22. The summed E-state index contributed by atoms with van der Waals surface area (Å²) < 4.78 is 16.1. The van der Waals surface area contributed by atoms with E-state index >= 15 is 0 Å². The first-order valence-electron chi connectivity index (χ1n) is 12.4. The quantitative estimate of drug-likeness (QED) is 0.378. The number of amides is 1. The third-order valence-corrected chi connectivity index (χ3v) is 8.08. The summed E-state index contributed by atoms with van der Waals surface area (Å²) in [5.41, 5.74) is -0.719. The molecule has 4 N–H and O–H groups in total. The highest BCUT2D eigenvalue weighted by Crippen LogP contribution is 2.32. The molecule has 200 valence electrons. The van der Waals surface area contributed by atoms with E-state index in [1.165, 1.54) is 11.8 Å². The van der Waals surface area contributed by atoms with Crippen LogP contribution in [0.15, 0.2) is 13.6 Å². The second-order valence-corrected chi connectivity index (χ2v) is 11.0. The lowest BCUT2D eigenvalue weighted by Crippen LogP contribution is -2.65. The number of thioether (sulfide) groups is 1. The van der Waals surface area contributed by atoms with Gasteiger partial charge in [-0.15, -0.1) is 11.8 Å². The summed E-state index contributed by atoms with van der Waals surface area (Å²) >= 11 is 1.24. The Bertz CT molecular complexity index is 887. The van der Waals surface area contributed by atoms with Crippen molar-refractivity contribution in [2.45, 2.75) is 102 Å². The minimum atomic E-state index is -1.38.